The normalized spacial score (nSPS) is 11.4. The number of nitrogens with one attached hydrogen (secondary N) is 1. The molecule has 0 fully saturated rings. The van der Waals surface area contributed by atoms with E-state index in [0.29, 0.717) is 0 Å². The monoisotopic (exact) mass is 207 g/mol. The lowest BCUT2D eigenvalue weighted by Crippen LogP contribution is -2.31. The molecule has 80 valence electrons. The number of hydrogen-bond donors (Lipinski definition) is 2. The highest BCUT2D eigenvalue weighted by atomic mass is 16.3. The lowest BCUT2D eigenvalue weighted by atomic mass is 10.2. The van der Waals surface area contributed by atoms with Gasteiger partial charge in [0.15, 0.2) is 0 Å². The van der Waals surface area contributed by atoms with Gasteiger partial charge in [-0.3, -0.25) is 9.48 Å². The Bertz CT molecular complexity index is 400. The van der Waals surface area contributed by atoms with Crippen LogP contribution in [0.15, 0.2) is 12.3 Å². The van der Waals surface area contributed by atoms with Gasteiger partial charge in [0, 0.05) is 13.2 Å². The SMILES string of the molecule is CC#CC(=O)NC(CO)c1ccnn1C. The molecule has 1 aromatic heterocycles. The highest BCUT2D eigenvalue weighted by molar-refractivity contribution is 5.93. The Hall–Kier alpha value is -1.80. The van der Waals surface area contributed by atoms with Crippen LogP contribution in [0.5, 0.6) is 0 Å². The molecule has 0 aliphatic rings. The van der Waals surface area contributed by atoms with E-state index in [1.54, 1.807) is 30.9 Å². The van der Waals surface area contributed by atoms with Gasteiger partial charge in [-0.1, -0.05) is 5.92 Å². The van der Waals surface area contributed by atoms with E-state index in [4.69, 9.17) is 5.11 Å². The van der Waals surface area contributed by atoms with Crippen LogP contribution in [-0.2, 0) is 11.8 Å². The maximum Gasteiger partial charge on any atom is 0.296 e. The van der Waals surface area contributed by atoms with Crippen molar-refractivity contribution in [1.29, 1.82) is 0 Å². The van der Waals surface area contributed by atoms with Gasteiger partial charge in [0.05, 0.1) is 18.3 Å². The first kappa shape index (κ1) is 11.3. The van der Waals surface area contributed by atoms with E-state index >= 15 is 0 Å². The van der Waals surface area contributed by atoms with Crippen LogP contribution in [-0.4, -0.2) is 27.4 Å². The number of aliphatic hydroxyl groups is 1. The number of rotatable bonds is 3. The van der Waals surface area contributed by atoms with Crippen molar-refractivity contribution in [2.24, 2.45) is 7.05 Å². The standard InChI is InChI=1S/C10H13N3O2/c1-3-4-10(15)12-8(7-14)9-5-6-11-13(9)2/h5-6,8,14H,7H2,1-2H3,(H,12,15). The zero-order chi connectivity index (χ0) is 11.3. The van der Waals surface area contributed by atoms with Crippen molar-refractivity contribution in [2.45, 2.75) is 13.0 Å². The molecule has 1 atom stereocenters. The molecule has 2 N–H and O–H groups in total. The molecule has 0 saturated carbocycles. The molecule has 5 nitrogen and oxygen atoms in total. The quantitative estimate of drug-likeness (QED) is 0.662. The Morgan fingerprint density at radius 3 is 3.00 bits per heavy atom. The number of aromatic nitrogens is 2. The molecular weight excluding hydrogens is 194 g/mol. The van der Waals surface area contributed by atoms with E-state index in [-0.39, 0.29) is 6.61 Å². The molecule has 1 heterocycles. The zero-order valence-electron chi connectivity index (χ0n) is 8.69. The summed E-state index contributed by atoms with van der Waals surface area (Å²) in [7, 11) is 1.75. The average molecular weight is 207 g/mol. The molecule has 1 aromatic rings. The Balaban J connectivity index is 2.76. The first-order chi connectivity index (χ1) is 7.19. The molecule has 5 heteroatoms. The van der Waals surface area contributed by atoms with Crippen LogP contribution in [0.3, 0.4) is 0 Å². The molecule has 1 unspecified atom stereocenters. The number of hydrogen-bond acceptors (Lipinski definition) is 3. The van der Waals surface area contributed by atoms with Crippen molar-refractivity contribution in [3.05, 3.63) is 18.0 Å². The lowest BCUT2D eigenvalue weighted by Gasteiger charge is -2.14. The van der Waals surface area contributed by atoms with Gasteiger partial charge < -0.3 is 10.4 Å². The topological polar surface area (TPSA) is 67.2 Å². The van der Waals surface area contributed by atoms with Crippen molar-refractivity contribution < 1.29 is 9.90 Å². The molecule has 0 aromatic carbocycles. The summed E-state index contributed by atoms with van der Waals surface area (Å²) in [4.78, 5) is 11.2. The molecule has 0 radical (unpaired) electrons. The maximum absolute atomic E-state index is 11.2. The minimum absolute atomic E-state index is 0.184. The summed E-state index contributed by atoms with van der Waals surface area (Å²) in [6.07, 6.45) is 1.61. The van der Waals surface area contributed by atoms with Crippen molar-refractivity contribution in [3.63, 3.8) is 0 Å². The lowest BCUT2D eigenvalue weighted by molar-refractivity contribution is -0.116. The van der Waals surface area contributed by atoms with Gasteiger partial charge in [0.2, 0.25) is 0 Å². The molecule has 15 heavy (non-hydrogen) atoms. The second kappa shape index (κ2) is 5.17. The van der Waals surface area contributed by atoms with Crippen molar-refractivity contribution in [2.75, 3.05) is 6.61 Å². The number of amides is 1. The Labute approximate surface area is 88.1 Å². The van der Waals surface area contributed by atoms with E-state index in [1.165, 1.54) is 0 Å². The van der Waals surface area contributed by atoms with Crippen LogP contribution in [0.4, 0.5) is 0 Å². The van der Waals surface area contributed by atoms with Gasteiger partial charge in [0.1, 0.15) is 0 Å². The summed E-state index contributed by atoms with van der Waals surface area (Å²) in [5, 5.41) is 15.7. The predicted molar refractivity (Wildman–Crippen MR) is 54.6 cm³/mol. The largest absolute Gasteiger partial charge is 0.394 e. The Morgan fingerprint density at radius 2 is 2.53 bits per heavy atom. The highest BCUT2D eigenvalue weighted by Crippen LogP contribution is 2.09. The number of carbonyl (C=O) groups excluding carboxylic acids is 1. The van der Waals surface area contributed by atoms with Gasteiger partial charge in [-0.2, -0.15) is 5.10 Å². The van der Waals surface area contributed by atoms with E-state index in [2.05, 4.69) is 22.3 Å². The van der Waals surface area contributed by atoms with Crippen LogP contribution >= 0.6 is 0 Å². The summed E-state index contributed by atoms with van der Waals surface area (Å²) in [6, 6.07) is 1.27. The first-order valence-corrected chi connectivity index (χ1v) is 4.51. The van der Waals surface area contributed by atoms with Gasteiger partial charge in [-0.05, 0) is 18.9 Å². The third-order valence-corrected chi connectivity index (χ3v) is 1.94. The van der Waals surface area contributed by atoms with Gasteiger partial charge in [0.25, 0.3) is 5.91 Å². The third-order valence-electron chi connectivity index (χ3n) is 1.94. The third kappa shape index (κ3) is 2.82. The smallest absolute Gasteiger partial charge is 0.296 e. The zero-order valence-corrected chi connectivity index (χ0v) is 8.69. The van der Waals surface area contributed by atoms with Crippen LogP contribution in [0.2, 0.25) is 0 Å². The van der Waals surface area contributed by atoms with Crippen molar-refractivity contribution in [3.8, 4) is 11.8 Å². The number of nitrogens with zero attached hydrogens (tertiary/aromatic N) is 2. The molecule has 0 aliphatic carbocycles. The second-order valence-electron chi connectivity index (χ2n) is 2.96. The van der Waals surface area contributed by atoms with Gasteiger partial charge in [-0.15, -0.1) is 0 Å². The highest BCUT2D eigenvalue weighted by Gasteiger charge is 2.15. The van der Waals surface area contributed by atoms with E-state index in [0.717, 1.165) is 5.69 Å². The van der Waals surface area contributed by atoms with Crippen LogP contribution in [0.25, 0.3) is 0 Å². The summed E-state index contributed by atoms with van der Waals surface area (Å²) in [5.41, 5.74) is 0.740. The minimum atomic E-state index is -0.467. The van der Waals surface area contributed by atoms with Gasteiger partial charge in [-0.25, -0.2) is 0 Å². The number of aryl methyl sites for hydroxylation is 1. The fourth-order valence-corrected chi connectivity index (χ4v) is 1.25. The second-order valence-corrected chi connectivity index (χ2v) is 2.96. The molecule has 1 amide bonds. The minimum Gasteiger partial charge on any atom is -0.394 e. The summed E-state index contributed by atoms with van der Waals surface area (Å²) >= 11 is 0. The van der Waals surface area contributed by atoms with Crippen LogP contribution < -0.4 is 5.32 Å². The van der Waals surface area contributed by atoms with E-state index < -0.39 is 11.9 Å². The Morgan fingerprint density at radius 1 is 1.80 bits per heavy atom. The number of carbonyl (C=O) groups is 1. The summed E-state index contributed by atoms with van der Waals surface area (Å²) in [5.74, 6) is 4.44. The van der Waals surface area contributed by atoms with Crippen LogP contribution in [0, 0.1) is 11.8 Å². The molecule has 0 bridgehead atoms. The molecule has 0 spiro atoms. The van der Waals surface area contributed by atoms with E-state index in [9.17, 15) is 4.79 Å². The summed E-state index contributed by atoms with van der Waals surface area (Å²) < 4.78 is 1.60. The number of aliphatic hydroxyl groups excluding tert-OH is 1. The molecule has 0 aliphatic heterocycles. The maximum atomic E-state index is 11.2. The summed E-state index contributed by atoms with van der Waals surface area (Å²) in [6.45, 7) is 1.40. The molecule has 0 saturated heterocycles. The van der Waals surface area contributed by atoms with Gasteiger partial charge >= 0.3 is 0 Å². The van der Waals surface area contributed by atoms with Crippen molar-refractivity contribution >= 4 is 5.91 Å². The first-order valence-electron chi connectivity index (χ1n) is 4.51. The van der Waals surface area contributed by atoms with Crippen LogP contribution in [0.1, 0.15) is 18.7 Å². The predicted octanol–water partition coefficient (Wildman–Crippen LogP) is -0.407. The van der Waals surface area contributed by atoms with E-state index in [1.807, 2.05) is 0 Å². The fraction of sp³-hybridized carbons (Fsp3) is 0.400. The molecule has 1 rings (SSSR count). The van der Waals surface area contributed by atoms with Crippen molar-refractivity contribution in [1.82, 2.24) is 15.1 Å². The fourth-order valence-electron chi connectivity index (χ4n) is 1.25. The Kier molecular flexibility index (Phi) is 3.89. The average Bonchev–Trinajstić information content (AvgIpc) is 2.61. The molecular formula is C10H13N3O2.